The molecule has 0 unspecified atom stereocenters. The molecule has 170 valence electrons. The number of hydrogen-bond acceptors (Lipinski definition) is 5. The quantitative estimate of drug-likeness (QED) is 0.595. The van der Waals surface area contributed by atoms with Gasteiger partial charge in [-0.15, -0.1) is 0 Å². The van der Waals surface area contributed by atoms with Crippen LogP contribution in [0.5, 0.6) is 11.5 Å². The van der Waals surface area contributed by atoms with Crippen molar-refractivity contribution in [1.82, 2.24) is 5.32 Å². The van der Waals surface area contributed by atoms with E-state index in [2.05, 4.69) is 49.2 Å². The van der Waals surface area contributed by atoms with Crippen LogP contribution >= 0.6 is 11.6 Å². The highest BCUT2D eigenvalue weighted by Crippen LogP contribution is 2.45. The van der Waals surface area contributed by atoms with Crippen LogP contribution in [0.3, 0.4) is 0 Å². The number of aldehydes is 1. The second kappa shape index (κ2) is 14.4. The number of amides is 1. The Balaban J connectivity index is 0.000000296. The predicted molar refractivity (Wildman–Crippen MR) is 125 cm³/mol. The number of benzene rings is 2. The van der Waals surface area contributed by atoms with Crippen molar-refractivity contribution in [2.24, 2.45) is 17.1 Å². The Kier molecular flexibility index (Phi) is 12.3. The fourth-order valence-electron chi connectivity index (χ4n) is 3.64. The van der Waals surface area contributed by atoms with Crippen molar-refractivity contribution in [2.45, 2.75) is 26.7 Å². The van der Waals surface area contributed by atoms with Crippen molar-refractivity contribution < 1.29 is 19.1 Å². The van der Waals surface area contributed by atoms with Crippen LogP contribution in [0.25, 0.3) is 0 Å². The molecule has 1 amide bonds. The minimum absolute atomic E-state index is 0.0850. The van der Waals surface area contributed by atoms with Crippen LogP contribution < -0.4 is 20.5 Å². The van der Waals surface area contributed by atoms with Crippen molar-refractivity contribution in [3.63, 3.8) is 0 Å². The van der Waals surface area contributed by atoms with Crippen LogP contribution in [0, 0.1) is 18.3 Å². The van der Waals surface area contributed by atoms with Gasteiger partial charge in [-0.1, -0.05) is 36.2 Å². The van der Waals surface area contributed by atoms with Gasteiger partial charge in [-0.05, 0) is 69.1 Å². The van der Waals surface area contributed by atoms with E-state index in [4.69, 9.17) is 25.9 Å². The molecule has 3 rings (SSSR count). The molecule has 2 aromatic rings. The molecule has 0 bridgehead atoms. The summed E-state index contributed by atoms with van der Waals surface area (Å²) in [5.74, 6) is 2.50. The highest BCUT2D eigenvalue weighted by molar-refractivity contribution is 6.30. The predicted octanol–water partition coefficient (Wildman–Crippen LogP) is 4.03. The van der Waals surface area contributed by atoms with Crippen molar-refractivity contribution in [1.29, 1.82) is 0 Å². The minimum atomic E-state index is 0.0850. The summed E-state index contributed by atoms with van der Waals surface area (Å²) in [5.41, 5.74) is 5.80. The molecule has 1 saturated carbocycles. The summed E-state index contributed by atoms with van der Waals surface area (Å²) in [7, 11) is 2.02. The van der Waals surface area contributed by atoms with Gasteiger partial charge in [-0.3, -0.25) is 9.59 Å². The molecule has 0 aromatic heterocycles. The van der Waals surface area contributed by atoms with Crippen molar-refractivity contribution in [3.8, 4) is 11.5 Å². The molecular formula is C24H33ClN2O4. The number of carbonyl (C=O) groups is 2. The van der Waals surface area contributed by atoms with E-state index in [1.165, 1.54) is 18.4 Å². The molecule has 0 atom stereocenters. The maximum absolute atomic E-state index is 9.89. The van der Waals surface area contributed by atoms with Crippen molar-refractivity contribution in [2.75, 3.05) is 26.8 Å². The summed E-state index contributed by atoms with van der Waals surface area (Å²) < 4.78 is 10.9. The van der Waals surface area contributed by atoms with Crippen LogP contribution in [0.2, 0.25) is 5.02 Å². The van der Waals surface area contributed by atoms with Crippen LogP contribution in [-0.2, 0) is 9.59 Å². The number of nitrogens with one attached hydrogen (secondary N) is 1. The summed E-state index contributed by atoms with van der Waals surface area (Å²) in [4.78, 5) is 18.5. The highest BCUT2D eigenvalue weighted by atomic mass is 35.5. The van der Waals surface area contributed by atoms with Gasteiger partial charge in [0.05, 0.1) is 6.61 Å². The Bertz CT molecular complexity index is 755. The first-order chi connectivity index (χ1) is 14.9. The molecule has 0 radical (unpaired) electrons. The largest absolute Gasteiger partial charge is 0.493 e. The zero-order valence-electron chi connectivity index (χ0n) is 18.5. The SMILES string of the molecule is CNCC1(COc2ccc(C)cc2)CC(C)C1.NC=O.O=CCOc1ccc(Cl)cc1. The fraction of sp³-hybridized carbons (Fsp3) is 0.417. The molecule has 1 aliphatic carbocycles. The second-order valence-electron chi connectivity index (χ2n) is 7.71. The molecular weight excluding hydrogens is 416 g/mol. The molecule has 0 saturated heterocycles. The monoisotopic (exact) mass is 448 g/mol. The highest BCUT2D eigenvalue weighted by Gasteiger charge is 2.42. The summed E-state index contributed by atoms with van der Waals surface area (Å²) in [6.07, 6.45) is 3.51. The van der Waals surface area contributed by atoms with Crippen molar-refractivity contribution >= 4 is 24.3 Å². The molecule has 1 aliphatic rings. The normalized spacial score (nSPS) is 18.8. The first kappa shape index (κ1) is 26.5. The topological polar surface area (TPSA) is 90.6 Å². The standard InChI is InChI=1S/C15H23NO.C8H7ClO2.CH3NO/c1-12-4-6-14(7-5-12)17-11-15(10-16-3)8-13(2)9-15;9-7-1-3-8(4-2-7)11-6-5-10;2-1-3/h4-7,13,16H,8-11H2,1-3H3;1-5H,6H2;1H,(H2,2,3). The molecule has 1 fully saturated rings. The maximum Gasteiger partial charge on any atom is 0.204 e. The maximum atomic E-state index is 9.89. The van der Waals surface area contributed by atoms with Gasteiger partial charge in [-0.25, -0.2) is 0 Å². The van der Waals surface area contributed by atoms with E-state index >= 15 is 0 Å². The molecule has 0 spiro atoms. The van der Waals surface area contributed by atoms with Gasteiger partial charge in [0, 0.05) is 17.0 Å². The van der Waals surface area contributed by atoms with Crippen LogP contribution in [0.4, 0.5) is 0 Å². The summed E-state index contributed by atoms with van der Waals surface area (Å²) in [6.45, 7) is 6.39. The number of hydrogen-bond donors (Lipinski definition) is 2. The van der Waals surface area contributed by atoms with E-state index in [9.17, 15) is 4.79 Å². The lowest BCUT2D eigenvalue weighted by molar-refractivity contribution is -0.109. The number of aryl methyl sites for hydroxylation is 1. The van der Waals surface area contributed by atoms with Gasteiger partial charge < -0.3 is 20.5 Å². The second-order valence-corrected chi connectivity index (χ2v) is 8.15. The lowest BCUT2D eigenvalue weighted by Crippen LogP contribution is -2.47. The van der Waals surface area contributed by atoms with Gasteiger partial charge in [0.25, 0.3) is 0 Å². The molecule has 31 heavy (non-hydrogen) atoms. The average Bonchev–Trinajstić information content (AvgIpc) is 2.73. The Hall–Kier alpha value is -2.57. The number of halogens is 1. The van der Waals surface area contributed by atoms with E-state index in [0.717, 1.165) is 24.8 Å². The zero-order chi connectivity index (χ0) is 23.1. The first-order valence-corrected chi connectivity index (χ1v) is 10.6. The van der Waals surface area contributed by atoms with Gasteiger partial charge in [-0.2, -0.15) is 0 Å². The third-order valence-corrected chi connectivity index (χ3v) is 5.06. The lowest BCUT2D eigenvalue weighted by atomic mass is 9.63. The van der Waals surface area contributed by atoms with E-state index in [0.29, 0.717) is 22.5 Å². The van der Waals surface area contributed by atoms with Gasteiger partial charge in [0.2, 0.25) is 6.41 Å². The molecule has 7 heteroatoms. The molecule has 3 N–H and O–H groups in total. The number of rotatable bonds is 8. The Morgan fingerprint density at radius 2 is 1.58 bits per heavy atom. The smallest absolute Gasteiger partial charge is 0.204 e. The average molecular weight is 449 g/mol. The number of ether oxygens (including phenoxy) is 2. The van der Waals surface area contributed by atoms with E-state index < -0.39 is 0 Å². The fourth-order valence-corrected chi connectivity index (χ4v) is 3.76. The summed E-state index contributed by atoms with van der Waals surface area (Å²) >= 11 is 5.62. The lowest BCUT2D eigenvalue weighted by Gasteiger charge is -2.46. The zero-order valence-corrected chi connectivity index (χ0v) is 19.2. The molecule has 6 nitrogen and oxygen atoms in total. The molecule has 0 heterocycles. The van der Waals surface area contributed by atoms with Crippen LogP contribution in [0.15, 0.2) is 48.5 Å². The van der Waals surface area contributed by atoms with Gasteiger partial charge in [0.1, 0.15) is 18.1 Å². The Morgan fingerprint density at radius 1 is 1.06 bits per heavy atom. The minimum Gasteiger partial charge on any atom is -0.493 e. The Morgan fingerprint density at radius 3 is 2.06 bits per heavy atom. The number of carbonyl (C=O) groups excluding carboxylic acids is 2. The van der Waals surface area contributed by atoms with Crippen molar-refractivity contribution in [3.05, 3.63) is 59.1 Å². The molecule has 2 aromatic carbocycles. The van der Waals surface area contributed by atoms with Gasteiger partial charge >= 0.3 is 0 Å². The summed E-state index contributed by atoms with van der Waals surface area (Å²) in [6, 6.07) is 15.2. The van der Waals surface area contributed by atoms with E-state index in [-0.39, 0.29) is 13.0 Å². The number of primary amides is 1. The van der Waals surface area contributed by atoms with E-state index in [1.54, 1.807) is 24.3 Å². The van der Waals surface area contributed by atoms with Crippen LogP contribution in [0.1, 0.15) is 25.3 Å². The van der Waals surface area contributed by atoms with Gasteiger partial charge in [0.15, 0.2) is 6.29 Å². The Labute approximate surface area is 190 Å². The van der Waals surface area contributed by atoms with E-state index in [1.807, 2.05) is 7.05 Å². The summed E-state index contributed by atoms with van der Waals surface area (Å²) in [5, 5.41) is 3.95. The molecule has 0 aliphatic heterocycles. The third-order valence-electron chi connectivity index (χ3n) is 4.81. The third kappa shape index (κ3) is 10.3. The number of nitrogens with two attached hydrogens (primary N) is 1. The first-order valence-electron chi connectivity index (χ1n) is 10.2. The van der Waals surface area contributed by atoms with Crippen LogP contribution in [-0.4, -0.2) is 39.5 Å².